The molecule has 0 atom stereocenters. The highest BCUT2D eigenvalue weighted by atomic mass is 16.5. The Morgan fingerprint density at radius 2 is 1.95 bits per heavy atom. The van der Waals surface area contributed by atoms with Crippen LogP contribution in [0.25, 0.3) is 0 Å². The average molecular weight is 270 g/mol. The van der Waals surface area contributed by atoms with Crippen molar-refractivity contribution in [3.8, 4) is 0 Å². The zero-order chi connectivity index (χ0) is 14.1. The Labute approximate surface area is 115 Å². The fourth-order valence-electron chi connectivity index (χ4n) is 2.19. The third kappa shape index (κ3) is 6.05. The number of nitrogens with zero attached hydrogens (tertiary/aromatic N) is 1. The van der Waals surface area contributed by atoms with E-state index < -0.39 is 0 Å². The fraction of sp³-hybridized carbons (Fsp3) is 0.857. The smallest absolute Gasteiger partial charge is 0.223 e. The SMILES string of the molecule is CCCCN(CCNC(=O)C1CCOCC1)C(C)=O. The second-order valence-corrected chi connectivity index (χ2v) is 5.04. The first-order valence-electron chi connectivity index (χ1n) is 7.26. The molecule has 0 unspecified atom stereocenters. The van der Waals surface area contributed by atoms with Crippen LogP contribution in [-0.4, -0.2) is 49.6 Å². The van der Waals surface area contributed by atoms with Crippen LogP contribution in [0.5, 0.6) is 0 Å². The van der Waals surface area contributed by atoms with Gasteiger partial charge in [-0.15, -0.1) is 0 Å². The van der Waals surface area contributed by atoms with Gasteiger partial charge in [0.1, 0.15) is 0 Å². The van der Waals surface area contributed by atoms with Crippen LogP contribution < -0.4 is 5.32 Å². The Kier molecular flexibility index (Phi) is 7.48. The summed E-state index contributed by atoms with van der Waals surface area (Å²) >= 11 is 0. The fourth-order valence-corrected chi connectivity index (χ4v) is 2.19. The van der Waals surface area contributed by atoms with E-state index in [-0.39, 0.29) is 17.7 Å². The van der Waals surface area contributed by atoms with Crippen LogP contribution in [0, 0.1) is 5.92 Å². The maximum atomic E-state index is 11.9. The Hall–Kier alpha value is -1.10. The molecule has 2 amide bonds. The molecule has 0 aromatic rings. The van der Waals surface area contributed by atoms with Crippen molar-refractivity contribution < 1.29 is 14.3 Å². The highest BCUT2D eigenvalue weighted by Crippen LogP contribution is 2.14. The van der Waals surface area contributed by atoms with Crippen molar-refractivity contribution in [2.45, 2.75) is 39.5 Å². The van der Waals surface area contributed by atoms with Crippen LogP contribution in [0.1, 0.15) is 39.5 Å². The standard InChI is InChI=1S/C14H26N2O3/c1-3-4-8-16(12(2)17)9-7-15-14(18)13-5-10-19-11-6-13/h13H,3-11H2,1-2H3,(H,15,18). The van der Waals surface area contributed by atoms with E-state index in [0.29, 0.717) is 26.3 Å². The minimum absolute atomic E-state index is 0.0776. The Morgan fingerprint density at radius 3 is 2.53 bits per heavy atom. The van der Waals surface area contributed by atoms with Gasteiger partial charge in [-0.25, -0.2) is 0 Å². The molecule has 1 aliphatic rings. The molecule has 1 rings (SSSR count). The summed E-state index contributed by atoms with van der Waals surface area (Å²) in [5, 5.41) is 2.93. The summed E-state index contributed by atoms with van der Waals surface area (Å²) < 4.78 is 5.24. The van der Waals surface area contributed by atoms with Crippen LogP contribution in [0.2, 0.25) is 0 Å². The molecule has 1 aliphatic heterocycles. The molecule has 0 saturated carbocycles. The van der Waals surface area contributed by atoms with Gasteiger partial charge in [0.2, 0.25) is 11.8 Å². The summed E-state index contributed by atoms with van der Waals surface area (Å²) in [7, 11) is 0. The monoisotopic (exact) mass is 270 g/mol. The van der Waals surface area contributed by atoms with E-state index in [2.05, 4.69) is 12.2 Å². The van der Waals surface area contributed by atoms with Crippen LogP contribution in [0.15, 0.2) is 0 Å². The number of nitrogens with one attached hydrogen (secondary N) is 1. The average Bonchev–Trinajstić information content (AvgIpc) is 2.43. The largest absolute Gasteiger partial charge is 0.381 e. The third-order valence-electron chi connectivity index (χ3n) is 3.50. The number of amides is 2. The predicted molar refractivity (Wildman–Crippen MR) is 73.7 cm³/mol. The molecule has 0 spiro atoms. The molecule has 1 heterocycles. The topological polar surface area (TPSA) is 58.6 Å². The molecule has 0 radical (unpaired) electrons. The molecule has 1 saturated heterocycles. The van der Waals surface area contributed by atoms with Gasteiger partial charge in [0.25, 0.3) is 0 Å². The number of ether oxygens (including phenoxy) is 1. The number of unbranched alkanes of at least 4 members (excludes halogenated alkanes) is 1. The minimum atomic E-state index is 0.0776. The molecule has 5 heteroatoms. The van der Waals surface area contributed by atoms with Gasteiger partial charge in [0.05, 0.1) is 0 Å². The number of carbonyl (C=O) groups is 2. The van der Waals surface area contributed by atoms with Gasteiger partial charge in [-0.2, -0.15) is 0 Å². The molecule has 0 aliphatic carbocycles. The Bertz CT molecular complexity index is 288. The van der Waals surface area contributed by atoms with E-state index in [9.17, 15) is 9.59 Å². The first-order chi connectivity index (χ1) is 9.15. The summed E-state index contributed by atoms with van der Waals surface area (Å²) in [6.45, 7) is 6.95. The zero-order valence-corrected chi connectivity index (χ0v) is 12.1. The molecule has 0 aromatic carbocycles. The summed E-state index contributed by atoms with van der Waals surface area (Å²) in [6.07, 6.45) is 3.68. The van der Waals surface area contributed by atoms with E-state index in [1.165, 1.54) is 0 Å². The summed E-state index contributed by atoms with van der Waals surface area (Å²) in [5.41, 5.74) is 0. The third-order valence-corrected chi connectivity index (χ3v) is 3.50. The maximum absolute atomic E-state index is 11.9. The lowest BCUT2D eigenvalue weighted by atomic mass is 9.99. The van der Waals surface area contributed by atoms with Crippen LogP contribution in [-0.2, 0) is 14.3 Å². The van der Waals surface area contributed by atoms with Crippen molar-refractivity contribution in [3.63, 3.8) is 0 Å². The van der Waals surface area contributed by atoms with Gasteiger partial charge in [-0.05, 0) is 19.3 Å². The van der Waals surface area contributed by atoms with Gasteiger partial charge in [-0.1, -0.05) is 13.3 Å². The van der Waals surface area contributed by atoms with Gasteiger partial charge in [-0.3, -0.25) is 9.59 Å². The molecule has 5 nitrogen and oxygen atoms in total. The van der Waals surface area contributed by atoms with Gasteiger partial charge < -0.3 is 15.0 Å². The van der Waals surface area contributed by atoms with Gasteiger partial charge >= 0.3 is 0 Å². The summed E-state index contributed by atoms with van der Waals surface area (Å²) in [4.78, 5) is 25.1. The van der Waals surface area contributed by atoms with Crippen molar-refractivity contribution in [2.75, 3.05) is 32.8 Å². The molecule has 1 fully saturated rings. The van der Waals surface area contributed by atoms with Crippen molar-refractivity contribution in [1.82, 2.24) is 10.2 Å². The quantitative estimate of drug-likeness (QED) is 0.755. The van der Waals surface area contributed by atoms with Crippen LogP contribution in [0.4, 0.5) is 0 Å². The van der Waals surface area contributed by atoms with Crippen LogP contribution >= 0.6 is 0 Å². The van der Waals surface area contributed by atoms with E-state index in [1.54, 1.807) is 11.8 Å². The van der Waals surface area contributed by atoms with Crippen molar-refractivity contribution in [3.05, 3.63) is 0 Å². The van der Waals surface area contributed by atoms with Crippen molar-refractivity contribution in [2.24, 2.45) is 5.92 Å². The van der Waals surface area contributed by atoms with E-state index in [4.69, 9.17) is 4.74 Å². The first kappa shape index (κ1) is 16.0. The maximum Gasteiger partial charge on any atom is 0.223 e. The first-order valence-corrected chi connectivity index (χ1v) is 7.26. The summed E-state index contributed by atoms with van der Waals surface area (Å²) in [5.74, 6) is 0.256. The molecule has 1 N–H and O–H groups in total. The molecular weight excluding hydrogens is 244 g/mol. The molecular formula is C14H26N2O3. The number of carbonyl (C=O) groups excluding carboxylic acids is 2. The lowest BCUT2D eigenvalue weighted by Crippen LogP contribution is -2.41. The van der Waals surface area contributed by atoms with Crippen LogP contribution in [0.3, 0.4) is 0 Å². The lowest BCUT2D eigenvalue weighted by Gasteiger charge is -2.23. The normalized spacial score (nSPS) is 16.1. The second-order valence-electron chi connectivity index (χ2n) is 5.04. The molecule has 0 aromatic heterocycles. The van der Waals surface area contributed by atoms with E-state index >= 15 is 0 Å². The second kappa shape index (κ2) is 8.91. The Morgan fingerprint density at radius 1 is 1.26 bits per heavy atom. The molecule has 110 valence electrons. The summed E-state index contributed by atoms with van der Waals surface area (Å²) in [6, 6.07) is 0. The van der Waals surface area contributed by atoms with E-state index in [0.717, 1.165) is 32.2 Å². The Balaban J connectivity index is 2.22. The van der Waals surface area contributed by atoms with Crippen molar-refractivity contribution >= 4 is 11.8 Å². The van der Waals surface area contributed by atoms with Gasteiger partial charge in [0, 0.05) is 45.7 Å². The number of hydrogen-bond donors (Lipinski definition) is 1. The number of hydrogen-bond acceptors (Lipinski definition) is 3. The van der Waals surface area contributed by atoms with Gasteiger partial charge in [0.15, 0.2) is 0 Å². The highest BCUT2D eigenvalue weighted by molar-refractivity contribution is 5.78. The highest BCUT2D eigenvalue weighted by Gasteiger charge is 2.21. The van der Waals surface area contributed by atoms with Crippen molar-refractivity contribution in [1.29, 1.82) is 0 Å². The zero-order valence-electron chi connectivity index (χ0n) is 12.1. The number of rotatable bonds is 7. The van der Waals surface area contributed by atoms with E-state index in [1.807, 2.05) is 0 Å². The lowest BCUT2D eigenvalue weighted by molar-refractivity contribution is -0.131. The molecule has 19 heavy (non-hydrogen) atoms. The minimum Gasteiger partial charge on any atom is -0.381 e. The molecule has 0 bridgehead atoms. The predicted octanol–water partition coefficient (Wildman–Crippen LogP) is 1.18.